The van der Waals surface area contributed by atoms with Crippen LogP contribution in [0.4, 0.5) is 0 Å². The number of H-pyrrole nitrogens is 1. The maximum Gasteiger partial charge on any atom is 0.330 e. The molecule has 1 saturated carbocycles. The Morgan fingerprint density at radius 2 is 1.92 bits per heavy atom. The highest BCUT2D eigenvalue weighted by molar-refractivity contribution is 9.10. The van der Waals surface area contributed by atoms with Crippen LogP contribution in [0.2, 0.25) is 0 Å². The smallest absolute Gasteiger partial charge is 0.330 e. The molecule has 3 rings (SSSR count). The Balaban J connectivity index is 1.85. The molecule has 0 saturated heterocycles. The number of nitrogens with one attached hydrogen (secondary N) is 2. The number of carbonyl (C=O) groups excluding carboxylic acids is 1. The molecule has 3 N–H and O–H groups in total. The summed E-state index contributed by atoms with van der Waals surface area (Å²) in [5.74, 6) is -1.22. The van der Waals surface area contributed by atoms with Gasteiger partial charge in [-0.2, -0.15) is 5.10 Å². The molecule has 2 aromatic rings. The molecule has 1 aromatic carbocycles. The third kappa shape index (κ3) is 3.36. The Bertz CT molecular complexity index is 791. The van der Waals surface area contributed by atoms with Gasteiger partial charge in [0, 0.05) is 5.92 Å². The first-order chi connectivity index (χ1) is 11.4. The van der Waals surface area contributed by atoms with Crippen molar-refractivity contribution in [3.05, 3.63) is 50.8 Å². The molecule has 0 spiro atoms. The summed E-state index contributed by atoms with van der Waals surface area (Å²) < 4.78 is 0.618. The van der Waals surface area contributed by atoms with Crippen molar-refractivity contribution >= 4 is 27.8 Å². The van der Waals surface area contributed by atoms with Crippen LogP contribution >= 0.6 is 15.9 Å². The fraction of sp³-hybridized carbons (Fsp3) is 0.353. The normalized spacial score (nSPS) is 15.1. The van der Waals surface area contributed by atoms with E-state index in [4.69, 9.17) is 0 Å². The minimum Gasteiger partial charge on any atom is -0.479 e. The summed E-state index contributed by atoms with van der Waals surface area (Å²) in [7, 11) is 0. The van der Waals surface area contributed by atoms with E-state index in [1.807, 2.05) is 19.9 Å². The maximum absolute atomic E-state index is 12.5. The quantitative estimate of drug-likeness (QED) is 0.728. The Hall–Kier alpha value is -2.15. The summed E-state index contributed by atoms with van der Waals surface area (Å²) >= 11 is 3.40. The number of carbonyl (C=O) groups is 2. The number of carboxylic acid groups (broad SMARTS) is 1. The molecule has 1 aliphatic rings. The molecular formula is C17H18BrN3O3. The predicted octanol–water partition coefficient (Wildman–Crippen LogP) is 3.22. The van der Waals surface area contributed by atoms with Crippen molar-refractivity contribution < 1.29 is 14.7 Å². The van der Waals surface area contributed by atoms with E-state index >= 15 is 0 Å². The van der Waals surface area contributed by atoms with Crippen LogP contribution in [0.5, 0.6) is 0 Å². The zero-order valence-electron chi connectivity index (χ0n) is 13.4. The standard InChI is InChI=1S/C17H18BrN3O3/c1-8-5-9(2)7-11(6-8)14(17(23)24)19-16(22)15-12(18)13(20-21-15)10-3-4-10/h5-7,10,14H,3-4H2,1-2H3,(H,19,22)(H,20,21)(H,23,24). The van der Waals surface area contributed by atoms with Gasteiger partial charge >= 0.3 is 5.97 Å². The molecule has 1 fully saturated rings. The van der Waals surface area contributed by atoms with Crippen molar-refractivity contribution in [2.45, 2.75) is 38.6 Å². The van der Waals surface area contributed by atoms with Crippen molar-refractivity contribution in [1.29, 1.82) is 0 Å². The van der Waals surface area contributed by atoms with Gasteiger partial charge in [0.05, 0.1) is 10.2 Å². The number of amides is 1. The lowest BCUT2D eigenvalue weighted by Gasteiger charge is -2.15. The number of aromatic nitrogens is 2. The third-order valence-corrected chi connectivity index (χ3v) is 4.84. The van der Waals surface area contributed by atoms with Crippen LogP contribution in [0.25, 0.3) is 0 Å². The molecule has 1 atom stereocenters. The second-order valence-electron chi connectivity index (χ2n) is 6.24. The van der Waals surface area contributed by atoms with Crippen LogP contribution in [-0.4, -0.2) is 27.2 Å². The summed E-state index contributed by atoms with van der Waals surface area (Å²) in [4.78, 5) is 24.1. The Kier molecular flexibility index (Phi) is 4.45. The Morgan fingerprint density at radius 3 is 2.46 bits per heavy atom. The highest BCUT2D eigenvalue weighted by Gasteiger charge is 2.32. The number of aryl methyl sites for hydroxylation is 2. The summed E-state index contributed by atoms with van der Waals surface area (Å²) in [6.45, 7) is 3.78. The van der Waals surface area contributed by atoms with Crippen molar-refractivity contribution in [1.82, 2.24) is 15.5 Å². The summed E-state index contributed by atoms with van der Waals surface area (Å²) in [6.07, 6.45) is 2.14. The lowest BCUT2D eigenvalue weighted by molar-refractivity contribution is -0.139. The second kappa shape index (κ2) is 6.39. The molecule has 6 nitrogen and oxygen atoms in total. The fourth-order valence-corrected chi connectivity index (χ4v) is 3.48. The predicted molar refractivity (Wildman–Crippen MR) is 92.0 cm³/mol. The molecule has 0 bridgehead atoms. The minimum atomic E-state index is -1.12. The van der Waals surface area contributed by atoms with Gasteiger partial charge in [0.25, 0.3) is 5.91 Å². The molecule has 1 aliphatic carbocycles. The van der Waals surface area contributed by atoms with Crippen LogP contribution in [0, 0.1) is 13.8 Å². The molecule has 1 amide bonds. The number of benzene rings is 1. The van der Waals surface area contributed by atoms with E-state index in [0.29, 0.717) is 16.0 Å². The van der Waals surface area contributed by atoms with Crippen molar-refractivity contribution in [2.75, 3.05) is 0 Å². The van der Waals surface area contributed by atoms with E-state index < -0.39 is 17.9 Å². The largest absolute Gasteiger partial charge is 0.479 e. The van der Waals surface area contributed by atoms with Crippen LogP contribution in [0.3, 0.4) is 0 Å². The molecule has 0 aliphatic heterocycles. The van der Waals surface area contributed by atoms with Crippen LogP contribution in [0.15, 0.2) is 22.7 Å². The van der Waals surface area contributed by atoms with E-state index in [-0.39, 0.29) is 5.69 Å². The average Bonchev–Trinajstić information content (AvgIpc) is 3.26. The topological polar surface area (TPSA) is 95.1 Å². The molecular weight excluding hydrogens is 374 g/mol. The second-order valence-corrected chi connectivity index (χ2v) is 7.03. The van der Waals surface area contributed by atoms with Gasteiger partial charge in [0.2, 0.25) is 0 Å². The number of hydrogen-bond acceptors (Lipinski definition) is 3. The minimum absolute atomic E-state index is 0.188. The van der Waals surface area contributed by atoms with Crippen LogP contribution in [0.1, 0.15) is 57.7 Å². The molecule has 126 valence electrons. The molecule has 7 heteroatoms. The molecule has 1 aromatic heterocycles. The van der Waals surface area contributed by atoms with Gasteiger partial charge in [-0.3, -0.25) is 9.89 Å². The maximum atomic E-state index is 12.5. The van der Waals surface area contributed by atoms with Gasteiger partial charge < -0.3 is 10.4 Å². The number of nitrogens with zero attached hydrogens (tertiary/aromatic N) is 1. The monoisotopic (exact) mass is 391 g/mol. The highest BCUT2D eigenvalue weighted by Crippen LogP contribution is 2.42. The molecule has 0 radical (unpaired) electrons. The highest BCUT2D eigenvalue weighted by atomic mass is 79.9. The number of halogens is 1. The van der Waals surface area contributed by atoms with E-state index in [9.17, 15) is 14.7 Å². The summed E-state index contributed by atoms with van der Waals surface area (Å²) in [6, 6.07) is 4.36. The first kappa shape index (κ1) is 16.7. The van der Waals surface area contributed by atoms with Gasteiger partial charge in [0.1, 0.15) is 0 Å². The van der Waals surface area contributed by atoms with Crippen molar-refractivity contribution in [3.63, 3.8) is 0 Å². The first-order valence-corrected chi connectivity index (χ1v) is 8.51. The number of rotatable bonds is 5. The van der Waals surface area contributed by atoms with Gasteiger partial charge in [-0.1, -0.05) is 29.3 Å². The fourth-order valence-electron chi connectivity index (χ4n) is 2.80. The number of aliphatic carboxylic acids is 1. The van der Waals surface area contributed by atoms with E-state index in [1.165, 1.54) is 0 Å². The average molecular weight is 392 g/mol. The van der Waals surface area contributed by atoms with Crippen molar-refractivity contribution in [3.8, 4) is 0 Å². The molecule has 1 heterocycles. The van der Waals surface area contributed by atoms with E-state index in [0.717, 1.165) is 29.7 Å². The van der Waals surface area contributed by atoms with Crippen LogP contribution < -0.4 is 5.32 Å². The lowest BCUT2D eigenvalue weighted by atomic mass is 10.0. The van der Waals surface area contributed by atoms with Crippen molar-refractivity contribution in [2.24, 2.45) is 0 Å². The number of hydrogen-bond donors (Lipinski definition) is 3. The number of carboxylic acids is 1. The van der Waals surface area contributed by atoms with Crippen LogP contribution in [-0.2, 0) is 4.79 Å². The van der Waals surface area contributed by atoms with Gasteiger partial charge in [-0.25, -0.2) is 4.79 Å². The number of aromatic amines is 1. The lowest BCUT2D eigenvalue weighted by Crippen LogP contribution is -2.34. The molecule has 1 unspecified atom stereocenters. The van der Waals surface area contributed by atoms with Gasteiger partial charge in [-0.05, 0) is 48.2 Å². The summed E-state index contributed by atoms with van der Waals surface area (Å²) in [5.41, 5.74) is 3.53. The zero-order chi connectivity index (χ0) is 17.4. The van der Waals surface area contributed by atoms with E-state index in [2.05, 4.69) is 31.4 Å². The SMILES string of the molecule is Cc1cc(C)cc(C(NC(=O)c2n[nH]c(C3CC3)c2Br)C(=O)O)c1. The first-order valence-electron chi connectivity index (χ1n) is 7.72. The summed E-state index contributed by atoms with van der Waals surface area (Å²) in [5, 5.41) is 19.0. The molecule has 24 heavy (non-hydrogen) atoms. The van der Waals surface area contributed by atoms with Gasteiger partial charge in [0.15, 0.2) is 11.7 Å². The Labute approximate surface area is 147 Å². The van der Waals surface area contributed by atoms with E-state index in [1.54, 1.807) is 12.1 Å². The zero-order valence-corrected chi connectivity index (χ0v) is 15.0. The van der Waals surface area contributed by atoms with Gasteiger partial charge in [-0.15, -0.1) is 0 Å². The Morgan fingerprint density at radius 1 is 1.29 bits per heavy atom. The third-order valence-electron chi connectivity index (χ3n) is 4.03.